The Bertz CT molecular complexity index is 3790. The van der Waals surface area contributed by atoms with Gasteiger partial charge >= 0.3 is 0 Å². The van der Waals surface area contributed by atoms with E-state index in [2.05, 4.69) is 272 Å². The van der Waals surface area contributed by atoms with Crippen LogP contribution >= 0.6 is 0 Å². The van der Waals surface area contributed by atoms with Crippen LogP contribution in [-0.2, 0) is 5.41 Å². The lowest BCUT2D eigenvalue weighted by molar-refractivity contribution is 0.443. The molecular formula is C71H58N2. The minimum Gasteiger partial charge on any atom is -0.310 e. The Labute approximate surface area is 430 Å². The van der Waals surface area contributed by atoms with Gasteiger partial charge in [-0.25, -0.2) is 0 Å². The molecule has 352 valence electrons. The lowest BCUT2D eigenvalue weighted by Crippen LogP contribution is -2.17. The Morgan fingerprint density at radius 1 is 0.329 bits per heavy atom. The lowest BCUT2D eigenvalue weighted by Gasteiger charge is -2.32. The molecule has 0 saturated heterocycles. The summed E-state index contributed by atoms with van der Waals surface area (Å²) in [5.74, 6) is 0.623. The molecule has 0 aliphatic heterocycles. The zero-order valence-electron chi connectivity index (χ0n) is 41.7. The van der Waals surface area contributed by atoms with Crippen molar-refractivity contribution in [2.75, 3.05) is 9.80 Å². The van der Waals surface area contributed by atoms with E-state index in [0.29, 0.717) is 5.92 Å². The van der Waals surface area contributed by atoms with Crippen LogP contribution in [-0.4, -0.2) is 0 Å². The van der Waals surface area contributed by atoms with Crippen molar-refractivity contribution in [3.05, 3.63) is 265 Å². The molecule has 11 aromatic rings. The first-order valence-electron chi connectivity index (χ1n) is 26.3. The van der Waals surface area contributed by atoms with Crippen molar-refractivity contribution in [3.8, 4) is 44.5 Å². The van der Waals surface area contributed by atoms with E-state index in [-0.39, 0.29) is 5.41 Å². The second-order valence-electron chi connectivity index (χ2n) is 20.7. The van der Waals surface area contributed by atoms with Crippen molar-refractivity contribution >= 4 is 55.7 Å². The third-order valence-corrected chi connectivity index (χ3v) is 16.0. The molecule has 0 heterocycles. The lowest BCUT2D eigenvalue weighted by atomic mass is 9.81. The van der Waals surface area contributed by atoms with E-state index in [1.165, 1.54) is 109 Å². The Morgan fingerprint density at radius 2 is 0.877 bits per heavy atom. The van der Waals surface area contributed by atoms with Gasteiger partial charge in [-0.15, -0.1) is 0 Å². The number of hydrogen-bond acceptors (Lipinski definition) is 2. The van der Waals surface area contributed by atoms with Gasteiger partial charge in [-0.05, 0) is 168 Å². The minimum atomic E-state index is -0.239. The number of para-hydroxylation sites is 1. The Morgan fingerprint density at radius 3 is 1.62 bits per heavy atom. The fraction of sp³-hybridized carbons (Fsp3) is 0.127. The van der Waals surface area contributed by atoms with Gasteiger partial charge in [0.25, 0.3) is 0 Å². The van der Waals surface area contributed by atoms with Gasteiger partial charge in [-0.3, -0.25) is 0 Å². The second-order valence-corrected chi connectivity index (χ2v) is 20.7. The van der Waals surface area contributed by atoms with Gasteiger partial charge in [0.1, 0.15) is 0 Å². The van der Waals surface area contributed by atoms with Crippen molar-refractivity contribution in [2.45, 2.75) is 57.3 Å². The summed E-state index contributed by atoms with van der Waals surface area (Å²) in [5, 5.41) is 4.88. The molecule has 2 aliphatic carbocycles. The van der Waals surface area contributed by atoms with Crippen LogP contribution in [0.3, 0.4) is 0 Å². The molecule has 0 aromatic heterocycles. The fourth-order valence-electron chi connectivity index (χ4n) is 12.3. The summed E-state index contributed by atoms with van der Waals surface area (Å²) in [4.78, 5) is 4.97. The zero-order valence-corrected chi connectivity index (χ0v) is 41.7. The molecule has 2 heteroatoms. The predicted octanol–water partition coefficient (Wildman–Crippen LogP) is 20.3. The summed E-state index contributed by atoms with van der Waals surface area (Å²) in [7, 11) is 0. The van der Waals surface area contributed by atoms with Crippen LogP contribution in [0.15, 0.2) is 249 Å². The first-order chi connectivity index (χ1) is 36.0. The number of nitrogens with zero attached hydrogens (tertiary/aromatic N) is 2. The summed E-state index contributed by atoms with van der Waals surface area (Å²) < 4.78 is 0. The molecule has 73 heavy (non-hydrogen) atoms. The zero-order chi connectivity index (χ0) is 48.9. The standard InChI is InChI=1S/C71H58N2/c1-71(2)67-33-19-32-64(52-23-9-4-10-24-52)70(67)66-43-41-60(48-68(66)71)73(59-40-36-50-22-15-16-28-55(50)44-59)62-46-56(65-42-37-53-25-17-18-31-63(53)69(65)54-26-11-5-12-27-54)45-61(47-62)72(57-29-13-6-14-30-57)58-38-34-51(35-39-58)49-20-7-3-8-21-49/h4-6,9-19,22-49H,3,7-8,20-21H2,1-2H3. The van der Waals surface area contributed by atoms with E-state index >= 15 is 0 Å². The average Bonchev–Trinajstić information content (AvgIpc) is 3.69. The molecule has 0 amide bonds. The highest BCUT2D eigenvalue weighted by Crippen LogP contribution is 2.54. The van der Waals surface area contributed by atoms with Crippen LogP contribution in [0.25, 0.3) is 66.1 Å². The number of rotatable bonds is 10. The van der Waals surface area contributed by atoms with Crippen LogP contribution in [0.2, 0.25) is 0 Å². The summed E-state index contributed by atoms with van der Waals surface area (Å²) in [6.45, 7) is 4.80. The van der Waals surface area contributed by atoms with Crippen LogP contribution in [0.4, 0.5) is 34.1 Å². The molecule has 0 spiro atoms. The molecule has 13 rings (SSSR count). The SMILES string of the molecule is CC1(C)c2cc(N(c3cc(-c4ccc5ccccc5c4-c4ccccc4)cc(N(c4ccccc4)c4ccc(C5CCCCC5)cc4)c3)c3ccc4ccccc4c3)ccc2-c2c(-c3ccccc3)cccc21. The molecule has 1 saturated carbocycles. The van der Waals surface area contributed by atoms with Crippen LogP contribution < -0.4 is 9.80 Å². The summed E-state index contributed by atoms with van der Waals surface area (Å²) in [6, 6.07) is 92.9. The topological polar surface area (TPSA) is 6.48 Å². The van der Waals surface area contributed by atoms with E-state index in [1.807, 2.05) is 0 Å². The molecule has 0 N–H and O–H groups in total. The van der Waals surface area contributed by atoms with Gasteiger partial charge in [0.2, 0.25) is 0 Å². The first kappa shape index (κ1) is 44.5. The molecule has 0 bridgehead atoms. The van der Waals surface area contributed by atoms with Crippen molar-refractivity contribution < 1.29 is 0 Å². The van der Waals surface area contributed by atoms with E-state index in [1.54, 1.807) is 0 Å². The van der Waals surface area contributed by atoms with Crippen molar-refractivity contribution in [1.82, 2.24) is 0 Å². The highest BCUT2D eigenvalue weighted by atomic mass is 15.2. The van der Waals surface area contributed by atoms with Crippen LogP contribution in [0.1, 0.15) is 68.6 Å². The first-order valence-corrected chi connectivity index (χ1v) is 26.3. The number of fused-ring (bicyclic) bond motifs is 5. The molecule has 11 aromatic carbocycles. The second kappa shape index (κ2) is 18.6. The number of hydrogen-bond donors (Lipinski definition) is 0. The Balaban J connectivity index is 1.07. The molecule has 0 unspecified atom stereocenters. The Hall–Kier alpha value is -8.46. The van der Waals surface area contributed by atoms with Crippen molar-refractivity contribution in [1.29, 1.82) is 0 Å². The average molecular weight is 939 g/mol. The summed E-state index contributed by atoms with van der Waals surface area (Å²) in [6.07, 6.45) is 6.52. The highest BCUT2D eigenvalue weighted by Gasteiger charge is 2.38. The van der Waals surface area contributed by atoms with E-state index in [4.69, 9.17) is 0 Å². The van der Waals surface area contributed by atoms with Crippen molar-refractivity contribution in [2.24, 2.45) is 0 Å². The minimum absolute atomic E-state index is 0.239. The molecule has 1 fully saturated rings. The predicted molar refractivity (Wildman–Crippen MR) is 311 cm³/mol. The van der Waals surface area contributed by atoms with Gasteiger partial charge < -0.3 is 9.80 Å². The molecule has 0 radical (unpaired) electrons. The summed E-state index contributed by atoms with van der Waals surface area (Å²) >= 11 is 0. The number of anilines is 6. The molecule has 2 aliphatic rings. The normalized spacial score (nSPS) is 13.9. The highest BCUT2D eigenvalue weighted by molar-refractivity contribution is 6.05. The quantitative estimate of drug-likeness (QED) is 0.135. The van der Waals surface area contributed by atoms with E-state index < -0.39 is 0 Å². The monoisotopic (exact) mass is 938 g/mol. The summed E-state index contributed by atoms with van der Waals surface area (Å²) in [5.41, 5.74) is 20.4. The van der Waals surface area contributed by atoms with E-state index in [9.17, 15) is 0 Å². The smallest absolute Gasteiger partial charge is 0.0488 e. The van der Waals surface area contributed by atoms with Gasteiger partial charge in [-0.1, -0.05) is 215 Å². The van der Waals surface area contributed by atoms with Gasteiger partial charge in [0.15, 0.2) is 0 Å². The maximum atomic E-state index is 2.51. The fourth-order valence-corrected chi connectivity index (χ4v) is 12.3. The van der Waals surface area contributed by atoms with Crippen LogP contribution in [0, 0.1) is 0 Å². The van der Waals surface area contributed by atoms with Gasteiger partial charge in [-0.2, -0.15) is 0 Å². The largest absolute Gasteiger partial charge is 0.310 e. The number of benzene rings is 11. The van der Waals surface area contributed by atoms with Crippen molar-refractivity contribution in [3.63, 3.8) is 0 Å². The third kappa shape index (κ3) is 8.08. The van der Waals surface area contributed by atoms with Crippen LogP contribution in [0.5, 0.6) is 0 Å². The van der Waals surface area contributed by atoms with E-state index in [0.717, 1.165) is 39.7 Å². The van der Waals surface area contributed by atoms with Gasteiger partial charge in [0.05, 0.1) is 0 Å². The molecule has 2 nitrogen and oxygen atoms in total. The maximum Gasteiger partial charge on any atom is 0.0488 e. The third-order valence-electron chi connectivity index (χ3n) is 16.0. The molecule has 0 atom stereocenters. The maximum absolute atomic E-state index is 2.51. The Kier molecular flexibility index (Phi) is 11.3. The molecular weight excluding hydrogens is 881 g/mol. The van der Waals surface area contributed by atoms with Gasteiger partial charge in [0, 0.05) is 39.5 Å².